The first-order valence-electron chi connectivity index (χ1n) is 9.02. The molecule has 0 bridgehead atoms. The summed E-state index contributed by atoms with van der Waals surface area (Å²) in [6.07, 6.45) is 6.74. The number of carbonyl (C=O) groups is 1. The lowest BCUT2D eigenvalue weighted by Gasteiger charge is -2.34. The molecular weight excluding hydrogens is 328 g/mol. The van der Waals surface area contributed by atoms with Crippen molar-refractivity contribution in [3.63, 3.8) is 0 Å². The lowest BCUT2D eigenvalue weighted by Crippen LogP contribution is -2.38. The third kappa shape index (κ3) is 3.17. The van der Waals surface area contributed by atoms with Crippen LogP contribution in [-0.2, 0) is 0 Å². The Morgan fingerprint density at radius 3 is 2.88 bits per heavy atom. The van der Waals surface area contributed by atoms with Crippen LogP contribution in [0, 0.1) is 6.92 Å². The van der Waals surface area contributed by atoms with E-state index in [0.717, 1.165) is 30.6 Å². The minimum atomic E-state index is -0.354. The van der Waals surface area contributed by atoms with E-state index in [1.165, 1.54) is 6.07 Å². The van der Waals surface area contributed by atoms with Crippen LogP contribution in [0.15, 0.2) is 47.3 Å². The second kappa shape index (κ2) is 6.48. The van der Waals surface area contributed by atoms with Gasteiger partial charge in [0.2, 0.25) is 5.56 Å². The van der Waals surface area contributed by atoms with Crippen molar-refractivity contribution in [2.75, 3.05) is 13.1 Å². The maximum absolute atomic E-state index is 12.8. The standard InChI is InChI=1S/C21H22N2O3/c1-15-13-17(14-19(24)22-15)20(25)23-11-4-8-21(10-12-23)9-7-16-5-2-3-6-18(16)26-21/h2-3,5-7,9,13-14H,4,8,10-12H2,1H3,(H,22,24). The lowest BCUT2D eigenvalue weighted by atomic mass is 9.91. The van der Waals surface area contributed by atoms with Gasteiger partial charge in [0.1, 0.15) is 11.4 Å². The van der Waals surface area contributed by atoms with Gasteiger partial charge in [-0.3, -0.25) is 9.59 Å². The molecule has 26 heavy (non-hydrogen) atoms. The Hall–Kier alpha value is -2.82. The van der Waals surface area contributed by atoms with E-state index in [1.807, 2.05) is 29.2 Å². The topological polar surface area (TPSA) is 62.4 Å². The van der Waals surface area contributed by atoms with Gasteiger partial charge in [0.05, 0.1) is 0 Å². The minimum absolute atomic E-state index is 0.0866. The van der Waals surface area contributed by atoms with Crippen molar-refractivity contribution in [1.82, 2.24) is 9.88 Å². The van der Waals surface area contributed by atoms with Crippen molar-refractivity contribution in [3.05, 3.63) is 69.6 Å². The molecule has 1 N–H and O–H groups in total. The number of amides is 1. The van der Waals surface area contributed by atoms with E-state index in [-0.39, 0.29) is 17.1 Å². The molecule has 5 heteroatoms. The normalized spacial score (nSPS) is 21.8. The molecule has 0 saturated carbocycles. The Labute approximate surface area is 152 Å². The fraction of sp³-hybridized carbons (Fsp3) is 0.333. The van der Waals surface area contributed by atoms with Crippen LogP contribution in [0.4, 0.5) is 0 Å². The summed E-state index contributed by atoms with van der Waals surface area (Å²) in [5.74, 6) is 0.816. The number of carbonyl (C=O) groups excluding carboxylic acids is 1. The molecule has 1 saturated heterocycles. The maximum atomic E-state index is 12.8. The van der Waals surface area contributed by atoms with Crippen molar-refractivity contribution in [1.29, 1.82) is 0 Å². The zero-order chi connectivity index (χ0) is 18.1. The second-order valence-corrected chi connectivity index (χ2v) is 7.10. The zero-order valence-electron chi connectivity index (χ0n) is 14.8. The number of nitrogens with zero attached hydrogens (tertiary/aromatic N) is 1. The minimum Gasteiger partial charge on any atom is -0.483 e. The highest BCUT2D eigenvalue weighted by molar-refractivity contribution is 5.94. The number of ether oxygens (including phenoxy) is 1. The molecule has 4 rings (SSSR count). The Balaban J connectivity index is 1.52. The van der Waals surface area contributed by atoms with E-state index in [0.29, 0.717) is 24.3 Å². The van der Waals surface area contributed by atoms with Gasteiger partial charge in [-0.15, -0.1) is 0 Å². The summed E-state index contributed by atoms with van der Waals surface area (Å²) in [7, 11) is 0. The van der Waals surface area contributed by atoms with Crippen LogP contribution >= 0.6 is 0 Å². The van der Waals surface area contributed by atoms with Gasteiger partial charge in [-0.1, -0.05) is 24.3 Å². The first-order valence-corrected chi connectivity index (χ1v) is 9.02. The summed E-state index contributed by atoms with van der Waals surface area (Å²) in [4.78, 5) is 29.0. The number of hydrogen-bond donors (Lipinski definition) is 1. The number of hydrogen-bond acceptors (Lipinski definition) is 3. The largest absolute Gasteiger partial charge is 0.483 e. The molecule has 5 nitrogen and oxygen atoms in total. The van der Waals surface area contributed by atoms with Crippen molar-refractivity contribution in [3.8, 4) is 5.75 Å². The van der Waals surface area contributed by atoms with Crippen molar-refractivity contribution in [2.24, 2.45) is 0 Å². The number of pyridine rings is 1. The summed E-state index contributed by atoms with van der Waals surface area (Å²) in [6.45, 7) is 3.07. The van der Waals surface area contributed by atoms with E-state index < -0.39 is 0 Å². The molecule has 1 aromatic heterocycles. The quantitative estimate of drug-likeness (QED) is 0.859. The monoisotopic (exact) mass is 350 g/mol. The Kier molecular flexibility index (Phi) is 4.15. The molecule has 0 radical (unpaired) electrons. The van der Waals surface area contributed by atoms with Crippen LogP contribution in [-0.4, -0.2) is 34.5 Å². The van der Waals surface area contributed by atoms with Crippen LogP contribution in [0.3, 0.4) is 0 Å². The predicted molar refractivity (Wildman–Crippen MR) is 100 cm³/mol. The molecular formula is C21H22N2O3. The van der Waals surface area contributed by atoms with Crippen molar-refractivity contribution < 1.29 is 9.53 Å². The predicted octanol–water partition coefficient (Wildman–Crippen LogP) is 3.15. The molecule has 1 atom stereocenters. The number of aromatic nitrogens is 1. The molecule has 134 valence electrons. The highest BCUT2D eigenvalue weighted by Gasteiger charge is 2.35. The molecule has 2 aromatic rings. The van der Waals surface area contributed by atoms with E-state index >= 15 is 0 Å². The third-order valence-electron chi connectivity index (χ3n) is 5.14. The third-order valence-corrected chi connectivity index (χ3v) is 5.14. The van der Waals surface area contributed by atoms with E-state index in [4.69, 9.17) is 4.74 Å². The van der Waals surface area contributed by atoms with Crippen LogP contribution in [0.2, 0.25) is 0 Å². The van der Waals surface area contributed by atoms with Crippen molar-refractivity contribution in [2.45, 2.75) is 31.8 Å². The van der Waals surface area contributed by atoms with Crippen LogP contribution < -0.4 is 10.3 Å². The molecule has 2 aliphatic rings. The average Bonchev–Trinajstić information content (AvgIpc) is 2.83. The number of para-hydroxylation sites is 1. The van der Waals surface area contributed by atoms with E-state index in [2.05, 4.69) is 17.1 Å². The fourth-order valence-electron chi connectivity index (χ4n) is 3.80. The van der Waals surface area contributed by atoms with Gasteiger partial charge in [0.25, 0.3) is 5.91 Å². The van der Waals surface area contributed by atoms with Gasteiger partial charge in [0, 0.05) is 42.4 Å². The van der Waals surface area contributed by atoms with Crippen LogP contribution in [0.1, 0.15) is 40.9 Å². The van der Waals surface area contributed by atoms with Crippen LogP contribution in [0.25, 0.3) is 6.08 Å². The van der Waals surface area contributed by atoms with Gasteiger partial charge in [-0.25, -0.2) is 0 Å². The molecule has 1 fully saturated rings. The average molecular weight is 350 g/mol. The lowest BCUT2D eigenvalue weighted by molar-refractivity contribution is 0.0730. The molecule has 1 spiro atoms. The summed E-state index contributed by atoms with van der Waals surface area (Å²) in [5, 5.41) is 0. The van der Waals surface area contributed by atoms with Crippen molar-refractivity contribution >= 4 is 12.0 Å². The molecule has 1 aromatic carbocycles. The highest BCUT2D eigenvalue weighted by atomic mass is 16.5. The Morgan fingerprint density at radius 1 is 1.19 bits per heavy atom. The summed E-state index contributed by atoms with van der Waals surface area (Å²) in [5.41, 5.74) is 1.65. The summed E-state index contributed by atoms with van der Waals surface area (Å²) < 4.78 is 6.33. The van der Waals surface area contributed by atoms with Gasteiger partial charge in [-0.2, -0.15) is 0 Å². The summed E-state index contributed by atoms with van der Waals surface area (Å²) in [6, 6.07) is 11.1. The van der Waals surface area contributed by atoms with Gasteiger partial charge < -0.3 is 14.6 Å². The maximum Gasteiger partial charge on any atom is 0.254 e. The smallest absolute Gasteiger partial charge is 0.254 e. The number of benzene rings is 1. The number of aryl methyl sites for hydroxylation is 1. The summed E-state index contributed by atoms with van der Waals surface area (Å²) >= 11 is 0. The number of rotatable bonds is 1. The zero-order valence-corrected chi connectivity index (χ0v) is 14.8. The van der Waals surface area contributed by atoms with Gasteiger partial charge in [0.15, 0.2) is 0 Å². The molecule has 2 aliphatic heterocycles. The Bertz CT molecular complexity index is 931. The number of likely N-dealkylation sites (tertiary alicyclic amines) is 1. The second-order valence-electron chi connectivity index (χ2n) is 7.10. The molecule has 1 amide bonds. The van der Waals surface area contributed by atoms with Gasteiger partial charge >= 0.3 is 0 Å². The number of nitrogens with one attached hydrogen (secondary N) is 1. The van der Waals surface area contributed by atoms with Gasteiger partial charge in [-0.05, 0) is 38.0 Å². The van der Waals surface area contributed by atoms with E-state index in [1.54, 1.807) is 13.0 Å². The highest BCUT2D eigenvalue weighted by Crippen LogP contribution is 2.37. The molecule has 1 unspecified atom stereocenters. The molecule has 3 heterocycles. The molecule has 0 aliphatic carbocycles. The number of H-pyrrole nitrogens is 1. The number of fused-ring (bicyclic) bond motifs is 1. The Morgan fingerprint density at radius 2 is 2.04 bits per heavy atom. The number of aromatic amines is 1. The first kappa shape index (κ1) is 16.6. The SMILES string of the molecule is Cc1cc(C(=O)N2CCCC3(C=Cc4ccccc4O3)CC2)cc(=O)[nH]1. The fourth-order valence-corrected chi connectivity index (χ4v) is 3.80. The van der Waals surface area contributed by atoms with E-state index in [9.17, 15) is 9.59 Å². The van der Waals surface area contributed by atoms with Crippen LogP contribution in [0.5, 0.6) is 5.75 Å². The first-order chi connectivity index (χ1) is 12.5.